The van der Waals surface area contributed by atoms with Crippen LogP contribution in [0.15, 0.2) is 58.0 Å². The van der Waals surface area contributed by atoms with Gasteiger partial charge in [-0.1, -0.05) is 39.7 Å². The van der Waals surface area contributed by atoms with Crippen molar-refractivity contribution in [2.75, 3.05) is 13.2 Å². The number of aromatic nitrogens is 1. The van der Waals surface area contributed by atoms with Gasteiger partial charge in [0.15, 0.2) is 0 Å². The molecule has 0 aliphatic carbocycles. The van der Waals surface area contributed by atoms with Crippen LogP contribution in [0.1, 0.15) is 24.0 Å². The molecule has 2 aliphatic heterocycles. The van der Waals surface area contributed by atoms with E-state index in [-0.39, 0.29) is 36.2 Å². The normalized spacial score (nSPS) is 19.1. The van der Waals surface area contributed by atoms with Crippen molar-refractivity contribution in [1.29, 1.82) is 0 Å². The fourth-order valence-corrected chi connectivity index (χ4v) is 5.65. The third-order valence-electron chi connectivity index (χ3n) is 6.15. The van der Waals surface area contributed by atoms with E-state index in [1.165, 1.54) is 4.90 Å². The summed E-state index contributed by atoms with van der Waals surface area (Å²) in [6.45, 7) is 1.55. The van der Waals surface area contributed by atoms with Gasteiger partial charge >= 0.3 is 0 Å². The van der Waals surface area contributed by atoms with Crippen LogP contribution in [0.5, 0.6) is 0 Å². The molecule has 1 N–H and O–H groups in total. The highest BCUT2D eigenvalue weighted by Crippen LogP contribution is 2.35. The van der Waals surface area contributed by atoms with Crippen molar-refractivity contribution in [2.24, 2.45) is 0 Å². The van der Waals surface area contributed by atoms with E-state index in [2.05, 4.69) is 21.2 Å². The predicted octanol–water partition coefficient (Wildman–Crippen LogP) is 5.59. The fraction of sp³-hybridized carbons (Fsp3) is 0.269. The third-order valence-corrected chi connectivity index (χ3v) is 7.81. The van der Waals surface area contributed by atoms with E-state index in [1.807, 2.05) is 29.0 Å². The van der Waals surface area contributed by atoms with Crippen molar-refractivity contribution >= 4 is 73.3 Å². The molecule has 0 spiro atoms. The Morgan fingerprint density at radius 1 is 1.22 bits per heavy atom. The first-order valence-corrected chi connectivity index (χ1v) is 13.5. The molecule has 7 nitrogen and oxygen atoms in total. The SMILES string of the molecule is O=C(Cn1cc(/C=C2\SC(=O)N(Cc3ccc(Cl)cc3)C2=O)c2cc(Br)ccc21)NC[C@@H]1CCCO1. The number of imide groups is 1. The third kappa shape index (κ3) is 5.54. The maximum Gasteiger partial charge on any atom is 0.293 e. The smallest absolute Gasteiger partial charge is 0.293 e. The van der Waals surface area contributed by atoms with E-state index in [0.717, 1.165) is 57.7 Å². The molecule has 1 atom stereocenters. The lowest BCUT2D eigenvalue weighted by molar-refractivity contribution is -0.123. The monoisotopic (exact) mass is 587 g/mol. The first-order valence-electron chi connectivity index (χ1n) is 11.5. The summed E-state index contributed by atoms with van der Waals surface area (Å²) >= 11 is 10.4. The summed E-state index contributed by atoms with van der Waals surface area (Å²) in [4.78, 5) is 39.9. The van der Waals surface area contributed by atoms with Crippen LogP contribution in [0.2, 0.25) is 5.02 Å². The Balaban J connectivity index is 1.37. The highest BCUT2D eigenvalue weighted by Gasteiger charge is 2.35. The topological polar surface area (TPSA) is 80.6 Å². The molecule has 1 aromatic heterocycles. The molecule has 0 bridgehead atoms. The van der Waals surface area contributed by atoms with Crippen molar-refractivity contribution in [2.45, 2.75) is 32.0 Å². The lowest BCUT2D eigenvalue weighted by atomic mass is 10.1. The molecular weight excluding hydrogens is 566 g/mol. The van der Waals surface area contributed by atoms with Crippen LogP contribution in [0.25, 0.3) is 17.0 Å². The van der Waals surface area contributed by atoms with Crippen molar-refractivity contribution in [3.63, 3.8) is 0 Å². The Morgan fingerprint density at radius 3 is 2.78 bits per heavy atom. The van der Waals surface area contributed by atoms with E-state index in [9.17, 15) is 14.4 Å². The van der Waals surface area contributed by atoms with Gasteiger partial charge in [-0.15, -0.1) is 0 Å². The first-order chi connectivity index (χ1) is 17.4. The summed E-state index contributed by atoms with van der Waals surface area (Å²) in [6.07, 6.45) is 5.62. The average molecular weight is 589 g/mol. The zero-order valence-corrected chi connectivity index (χ0v) is 22.4. The molecule has 3 aromatic rings. The predicted molar refractivity (Wildman–Crippen MR) is 145 cm³/mol. The van der Waals surface area contributed by atoms with Crippen molar-refractivity contribution in [3.05, 3.63) is 74.2 Å². The average Bonchev–Trinajstić information content (AvgIpc) is 3.55. The molecule has 36 heavy (non-hydrogen) atoms. The van der Waals surface area contributed by atoms with Crippen molar-refractivity contribution in [3.8, 4) is 0 Å². The number of hydrogen-bond acceptors (Lipinski definition) is 5. The highest BCUT2D eigenvalue weighted by molar-refractivity contribution is 9.10. The van der Waals surface area contributed by atoms with E-state index >= 15 is 0 Å². The van der Waals surface area contributed by atoms with Crippen LogP contribution in [0.4, 0.5) is 4.79 Å². The number of benzene rings is 2. The van der Waals surface area contributed by atoms with E-state index in [4.69, 9.17) is 16.3 Å². The zero-order chi connectivity index (χ0) is 25.2. The summed E-state index contributed by atoms with van der Waals surface area (Å²) in [5.74, 6) is -0.453. The molecule has 186 valence electrons. The number of amides is 3. The second-order valence-corrected chi connectivity index (χ2v) is 11.1. The second-order valence-electron chi connectivity index (χ2n) is 8.71. The van der Waals surface area contributed by atoms with Gasteiger partial charge in [-0.25, -0.2) is 0 Å². The minimum Gasteiger partial charge on any atom is -0.376 e. The molecule has 2 aromatic carbocycles. The highest BCUT2D eigenvalue weighted by atomic mass is 79.9. The summed E-state index contributed by atoms with van der Waals surface area (Å²) in [6, 6.07) is 12.8. The lowest BCUT2D eigenvalue weighted by Gasteiger charge is -2.12. The van der Waals surface area contributed by atoms with Gasteiger partial charge in [-0.05, 0) is 66.6 Å². The van der Waals surface area contributed by atoms with Crippen LogP contribution in [0, 0.1) is 0 Å². The van der Waals surface area contributed by atoms with Crippen LogP contribution >= 0.6 is 39.3 Å². The number of carbonyl (C=O) groups excluding carboxylic acids is 3. The number of thioether (sulfide) groups is 1. The van der Waals surface area contributed by atoms with Crippen molar-refractivity contribution in [1.82, 2.24) is 14.8 Å². The standard InChI is InChI=1S/C26H23BrClN3O4S/c27-18-5-8-22-21(11-18)17(14-30(22)15-24(32)29-12-20-2-1-9-35-20)10-23-25(33)31(26(34)36-23)13-16-3-6-19(28)7-4-16/h3-8,10-11,14,20H,1-2,9,12-13,15H2,(H,29,32)/b23-10-/t20-/m0/s1. The van der Waals surface area contributed by atoms with Gasteiger partial charge in [0.25, 0.3) is 11.1 Å². The fourth-order valence-electron chi connectivity index (χ4n) is 4.34. The molecule has 5 rings (SSSR count). The number of rotatable bonds is 7. The largest absolute Gasteiger partial charge is 0.376 e. The quantitative estimate of drug-likeness (QED) is 0.364. The van der Waals surface area contributed by atoms with Crippen molar-refractivity contribution < 1.29 is 19.1 Å². The molecule has 0 unspecified atom stereocenters. The number of halogens is 2. The first kappa shape index (κ1) is 25.1. The van der Waals surface area contributed by atoms with Crippen LogP contribution in [-0.4, -0.2) is 45.8 Å². The summed E-state index contributed by atoms with van der Waals surface area (Å²) in [5.41, 5.74) is 2.44. The molecule has 0 radical (unpaired) electrons. The summed E-state index contributed by atoms with van der Waals surface area (Å²) in [5, 5.41) is 4.10. The maximum atomic E-state index is 13.1. The number of nitrogens with zero attached hydrogens (tertiary/aromatic N) is 2. The molecular formula is C26H23BrClN3O4S. The molecule has 0 saturated carbocycles. The van der Waals surface area contributed by atoms with E-state index in [1.54, 1.807) is 30.3 Å². The van der Waals surface area contributed by atoms with E-state index < -0.39 is 0 Å². The minimum atomic E-state index is -0.342. The van der Waals surface area contributed by atoms with E-state index in [0.29, 0.717) is 16.5 Å². The van der Waals surface area contributed by atoms with Gasteiger partial charge in [0.1, 0.15) is 6.54 Å². The Labute approximate surface area is 225 Å². The van der Waals surface area contributed by atoms with Gasteiger partial charge in [0, 0.05) is 45.3 Å². The Bertz CT molecular complexity index is 1370. The van der Waals surface area contributed by atoms with Gasteiger partial charge in [0.05, 0.1) is 17.6 Å². The molecule has 3 amide bonds. The molecule has 2 aliphatic rings. The lowest BCUT2D eigenvalue weighted by Crippen LogP contribution is -2.34. The summed E-state index contributed by atoms with van der Waals surface area (Å²) in [7, 11) is 0. The molecule has 2 saturated heterocycles. The number of hydrogen-bond donors (Lipinski definition) is 1. The Hall–Kier alpha value is -2.59. The van der Waals surface area contributed by atoms with Crippen LogP contribution in [-0.2, 0) is 27.4 Å². The van der Waals surface area contributed by atoms with Crippen LogP contribution in [0.3, 0.4) is 0 Å². The van der Waals surface area contributed by atoms with Gasteiger partial charge in [-0.2, -0.15) is 0 Å². The number of ether oxygens (including phenoxy) is 1. The van der Waals surface area contributed by atoms with Gasteiger partial charge < -0.3 is 14.6 Å². The van der Waals surface area contributed by atoms with Gasteiger partial charge in [0.2, 0.25) is 5.91 Å². The van der Waals surface area contributed by atoms with Gasteiger partial charge in [-0.3, -0.25) is 19.3 Å². The zero-order valence-electron chi connectivity index (χ0n) is 19.2. The Kier molecular flexibility index (Phi) is 7.52. The second kappa shape index (κ2) is 10.8. The molecule has 3 heterocycles. The molecule has 2 fully saturated rings. The number of carbonyl (C=O) groups is 3. The maximum absolute atomic E-state index is 13.1. The van der Waals surface area contributed by atoms with Crippen LogP contribution < -0.4 is 5.32 Å². The number of nitrogens with one attached hydrogen (secondary N) is 1. The number of fused-ring (bicyclic) bond motifs is 1. The summed E-state index contributed by atoms with van der Waals surface area (Å²) < 4.78 is 8.31. The minimum absolute atomic E-state index is 0.0744. The molecule has 10 heteroatoms. The Morgan fingerprint density at radius 2 is 2.03 bits per heavy atom.